The van der Waals surface area contributed by atoms with Crippen LogP contribution in [-0.2, 0) is 4.74 Å². The molecular formula is C16H35NO. The van der Waals surface area contributed by atoms with E-state index in [1.165, 1.54) is 32.2 Å². The van der Waals surface area contributed by atoms with Crippen molar-refractivity contribution in [1.82, 2.24) is 4.90 Å². The molecule has 0 aliphatic carbocycles. The van der Waals surface area contributed by atoms with Crippen LogP contribution in [-0.4, -0.2) is 36.7 Å². The third kappa shape index (κ3) is 7.38. The largest absolute Gasteiger partial charge is 0.373 e. The fourth-order valence-corrected chi connectivity index (χ4v) is 2.72. The molecule has 1 fully saturated rings. The highest BCUT2D eigenvalue weighted by Crippen LogP contribution is 2.18. The van der Waals surface area contributed by atoms with E-state index < -0.39 is 0 Å². The minimum absolute atomic E-state index is 0.410. The molecule has 1 aliphatic heterocycles. The molecule has 0 aromatic rings. The molecule has 0 radical (unpaired) electrons. The molecule has 0 spiro atoms. The molecule has 1 rings (SSSR count). The van der Waals surface area contributed by atoms with Crippen LogP contribution in [0.25, 0.3) is 0 Å². The SMILES string of the molecule is CC.CCCCC(CC)CN1CC(C)OC(C)C1. The van der Waals surface area contributed by atoms with Crippen molar-refractivity contribution in [3.63, 3.8) is 0 Å². The van der Waals surface area contributed by atoms with Gasteiger partial charge in [0.25, 0.3) is 0 Å². The number of hydrogen-bond donors (Lipinski definition) is 0. The maximum atomic E-state index is 5.77. The van der Waals surface area contributed by atoms with E-state index in [0.717, 1.165) is 19.0 Å². The summed E-state index contributed by atoms with van der Waals surface area (Å²) in [6, 6.07) is 0. The van der Waals surface area contributed by atoms with E-state index in [2.05, 4.69) is 32.6 Å². The van der Waals surface area contributed by atoms with Crippen LogP contribution >= 0.6 is 0 Å². The number of ether oxygens (including phenoxy) is 1. The average molecular weight is 257 g/mol. The molecule has 0 aromatic carbocycles. The van der Waals surface area contributed by atoms with E-state index in [-0.39, 0.29) is 0 Å². The number of rotatable bonds is 6. The Morgan fingerprint density at radius 2 is 1.67 bits per heavy atom. The standard InChI is InChI=1S/C14H29NO.C2H6/c1-5-7-8-14(6-2)11-15-9-12(3)16-13(4)10-15;1-2/h12-14H,5-11H2,1-4H3;1-2H3. The lowest BCUT2D eigenvalue weighted by Crippen LogP contribution is -2.47. The fraction of sp³-hybridized carbons (Fsp3) is 1.00. The third-order valence-corrected chi connectivity index (χ3v) is 3.55. The molecule has 1 heterocycles. The zero-order valence-electron chi connectivity index (χ0n) is 13.5. The summed E-state index contributed by atoms with van der Waals surface area (Å²) in [5, 5.41) is 0. The second-order valence-electron chi connectivity index (χ2n) is 5.39. The van der Waals surface area contributed by atoms with Gasteiger partial charge in [0.2, 0.25) is 0 Å². The zero-order valence-corrected chi connectivity index (χ0v) is 13.5. The van der Waals surface area contributed by atoms with Gasteiger partial charge < -0.3 is 4.74 Å². The average Bonchev–Trinajstić information content (AvgIpc) is 2.35. The number of morpholine rings is 1. The highest BCUT2D eigenvalue weighted by atomic mass is 16.5. The summed E-state index contributed by atoms with van der Waals surface area (Å²) in [7, 11) is 0. The Hall–Kier alpha value is -0.0800. The topological polar surface area (TPSA) is 12.5 Å². The van der Waals surface area contributed by atoms with E-state index in [0.29, 0.717) is 12.2 Å². The Balaban J connectivity index is 0.00000137. The smallest absolute Gasteiger partial charge is 0.0678 e. The third-order valence-electron chi connectivity index (χ3n) is 3.55. The van der Waals surface area contributed by atoms with Crippen molar-refractivity contribution in [2.45, 2.75) is 79.4 Å². The molecule has 18 heavy (non-hydrogen) atoms. The van der Waals surface area contributed by atoms with Crippen LogP contribution < -0.4 is 0 Å². The first-order chi connectivity index (χ1) is 8.65. The van der Waals surface area contributed by atoms with Gasteiger partial charge in [0.05, 0.1) is 12.2 Å². The summed E-state index contributed by atoms with van der Waals surface area (Å²) >= 11 is 0. The fourth-order valence-electron chi connectivity index (χ4n) is 2.72. The van der Waals surface area contributed by atoms with Crippen LogP contribution in [0.15, 0.2) is 0 Å². The normalized spacial score (nSPS) is 26.3. The van der Waals surface area contributed by atoms with Crippen LogP contribution in [0, 0.1) is 5.92 Å². The maximum absolute atomic E-state index is 5.77. The predicted molar refractivity (Wildman–Crippen MR) is 81.1 cm³/mol. The first-order valence-electron chi connectivity index (χ1n) is 8.03. The van der Waals surface area contributed by atoms with Gasteiger partial charge in [0.1, 0.15) is 0 Å². The first-order valence-corrected chi connectivity index (χ1v) is 8.03. The van der Waals surface area contributed by atoms with Crippen LogP contribution in [0.1, 0.15) is 67.2 Å². The number of unbranched alkanes of at least 4 members (excludes halogenated alkanes) is 1. The van der Waals surface area contributed by atoms with Crippen molar-refractivity contribution in [3.8, 4) is 0 Å². The summed E-state index contributed by atoms with van der Waals surface area (Å²) in [5.41, 5.74) is 0. The summed E-state index contributed by atoms with van der Waals surface area (Å²) in [5.74, 6) is 0.887. The molecule has 2 heteroatoms. The molecule has 1 aliphatic rings. The Morgan fingerprint density at radius 3 is 2.11 bits per heavy atom. The van der Waals surface area contributed by atoms with Crippen molar-refractivity contribution < 1.29 is 4.74 Å². The van der Waals surface area contributed by atoms with Crippen molar-refractivity contribution >= 4 is 0 Å². The highest BCUT2D eigenvalue weighted by molar-refractivity contribution is 4.75. The van der Waals surface area contributed by atoms with Crippen LogP contribution in [0.5, 0.6) is 0 Å². The molecule has 0 amide bonds. The Labute approximate surface area is 115 Å². The molecule has 3 atom stereocenters. The monoisotopic (exact) mass is 257 g/mol. The van der Waals surface area contributed by atoms with Crippen molar-refractivity contribution in [1.29, 1.82) is 0 Å². The Morgan fingerprint density at radius 1 is 1.11 bits per heavy atom. The molecular weight excluding hydrogens is 222 g/mol. The molecule has 0 bridgehead atoms. The lowest BCUT2D eigenvalue weighted by molar-refractivity contribution is -0.0718. The molecule has 0 aromatic heterocycles. The van der Waals surface area contributed by atoms with Crippen molar-refractivity contribution in [3.05, 3.63) is 0 Å². The lowest BCUT2D eigenvalue weighted by atomic mass is 9.98. The van der Waals surface area contributed by atoms with Gasteiger partial charge in [0.15, 0.2) is 0 Å². The van der Waals surface area contributed by atoms with Gasteiger partial charge >= 0.3 is 0 Å². The van der Waals surface area contributed by atoms with E-state index in [9.17, 15) is 0 Å². The zero-order chi connectivity index (χ0) is 14.0. The van der Waals surface area contributed by atoms with Gasteiger partial charge in [-0.25, -0.2) is 0 Å². The van der Waals surface area contributed by atoms with Crippen LogP contribution in [0.2, 0.25) is 0 Å². The Bertz CT molecular complexity index is 174. The molecule has 0 N–H and O–H groups in total. The van der Waals surface area contributed by atoms with E-state index in [1.54, 1.807) is 0 Å². The minimum Gasteiger partial charge on any atom is -0.373 e. The Kier molecular flexibility index (Phi) is 10.8. The number of nitrogens with zero attached hydrogens (tertiary/aromatic N) is 1. The van der Waals surface area contributed by atoms with Gasteiger partial charge in [0, 0.05) is 19.6 Å². The lowest BCUT2D eigenvalue weighted by Gasteiger charge is -2.37. The van der Waals surface area contributed by atoms with Gasteiger partial charge in [-0.15, -0.1) is 0 Å². The van der Waals surface area contributed by atoms with Crippen molar-refractivity contribution in [2.75, 3.05) is 19.6 Å². The molecule has 3 unspecified atom stereocenters. The maximum Gasteiger partial charge on any atom is 0.0678 e. The van der Waals surface area contributed by atoms with Crippen LogP contribution in [0.3, 0.4) is 0 Å². The van der Waals surface area contributed by atoms with Gasteiger partial charge in [-0.3, -0.25) is 4.90 Å². The highest BCUT2D eigenvalue weighted by Gasteiger charge is 2.23. The van der Waals surface area contributed by atoms with E-state index >= 15 is 0 Å². The summed E-state index contributed by atoms with van der Waals surface area (Å²) < 4.78 is 5.77. The van der Waals surface area contributed by atoms with Gasteiger partial charge in [-0.2, -0.15) is 0 Å². The quantitative estimate of drug-likeness (QED) is 0.702. The van der Waals surface area contributed by atoms with Gasteiger partial charge in [-0.1, -0.05) is 47.0 Å². The predicted octanol–water partition coefficient (Wildman–Crippen LogP) is 4.34. The second-order valence-corrected chi connectivity index (χ2v) is 5.39. The van der Waals surface area contributed by atoms with Crippen LogP contribution in [0.4, 0.5) is 0 Å². The summed E-state index contributed by atoms with van der Waals surface area (Å²) in [6.07, 6.45) is 6.24. The van der Waals surface area contributed by atoms with Gasteiger partial charge in [-0.05, 0) is 26.2 Å². The molecule has 2 nitrogen and oxygen atoms in total. The summed E-state index contributed by atoms with van der Waals surface area (Å²) in [6.45, 7) is 16.5. The molecule has 0 saturated carbocycles. The molecule has 1 saturated heterocycles. The second kappa shape index (κ2) is 10.8. The summed E-state index contributed by atoms with van der Waals surface area (Å²) in [4.78, 5) is 2.60. The van der Waals surface area contributed by atoms with Crippen molar-refractivity contribution in [2.24, 2.45) is 5.92 Å². The van der Waals surface area contributed by atoms with E-state index in [4.69, 9.17) is 4.74 Å². The minimum atomic E-state index is 0.410. The number of hydrogen-bond acceptors (Lipinski definition) is 2. The van der Waals surface area contributed by atoms with E-state index in [1.807, 2.05) is 13.8 Å². The molecule has 110 valence electrons. The first kappa shape index (κ1) is 17.9.